The highest BCUT2D eigenvalue weighted by Gasteiger charge is 2.20. The molecule has 0 aromatic heterocycles. The Morgan fingerprint density at radius 1 is 1.12 bits per heavy atom. The number of hydrogen-bond donors (Lipinski definition) is 1. The van der Waals surface area contributed by atoms with Crippen LogP contribution in [-0.4, -0.2) is 32.3 Å². The third kappa shape index (κ3) is 4.93. The lowest BCUT2D eigenvalue weighted by atomic mass is 10.00. The minimum Gasteiger partial charge on any atom is -0.338 e. The second-order valence-electron chi connectivity index (χ2n) is 6.73. The fourth-order valence-electron chi connectivity index (χ4n) is 3.25. The topological polar surface area (TPSA) is 66.5 Å². The molecule has 0 unspecified atom stereocenters. The molecule has 0 fully saturated rings. The molecule has 1 amide bonds. The van der Waals surface area contributed by atoms with E-state index >= 15 is 0 Å². The minimum atomic E-state index is -3.45. The molecule has 0 spiro atoms. The smallest absolute Gasteiger partial charge is 0.224 e. The largest absolute Gasteiger partial charge is 0.338 e. The summed E-state index contributed by atoms with van der Waals surface area (Å²) in [5.74, 6) is -0.0854. The normalized spacial score (nSPS) is 14.1. The quantitative estimate of drug-likeness (QED) is 0.847. The molecule has 0 atom stereocenters. The molecule has 1 aliphatic heterocycles. The van der Waals surface area contributed by atoms with E-state index in [0.29, 0.717) is 13.1 Å². The number of fused-ring (bicyclic) bond motifs is 1. The lowest BCUT2D eigenvalue weighted by Gasteiger charge is -2.29. The van der Waals surface area contributed by atoms with Gasteiger partial charge in [-0.1, -0.05) is 54.1 Å². The molecule has 26 heavy (non-hydrogen) atoms. The van der Waals surface area contributed by atoms with Gasteiger partial charge in [0.1, 0.15) is 0 Å². The van der Waals surface area contributed by atoms with E-state index in [-0.39, 0.29) is 24.6 Å². The van der Waals surface area contributed by atoms with Gasteiger partial charge in [0.15, 0.2) is 0 Å². The molecule has 0 radical (unpaired) electrons. The van der Waals surface area contributed by atoms with E-state index in [0.717, 1.165) is 17.5 Å². The maximum atomic E-state index is 12.4. The number of nitrogens with one attached hydrogen (secondary N) is 1. The number of rotatable bonds is 6. The van der Waals surface area contributed by atoms with Crippen LogP contribution in [-0.2, 0) is 33.5 Å². The third-order valence-corrected chi connectivity index (χ3v) is 5.94. The first-order valence-electron chi connectivity index (χ1n) is 8.80. The maximum Gasteiger partial charge on any atom is 0.224 e. The summed E-state index contributed by atoms with van der Waals surface area (Å²) in [6.45, 7) is 3.35. The number of benzene rings is 2. The first-order chi connectivity index (χ1) is 12.4. The SMILES string of the molecule is Cc1cccc(CS(=O)(=O)NCCC(=O)N2CCc3ccccc3C2)c1. The Hall–Kier alpha value is -2.18. The summed E-state index contributed by atoms with van der Waals surface area (Å²) < 4.78 is 26.9. The fraction of sp³-hybridized carbons (Fsp3) is 0.350. The van der Waals surface area contributed by atoms with Crippen molar-refractivity contribution in [3.05, 3.63) is 70.8 Å². The highest BCUT2D eigenvalue weighted by Crippen LogP contribution is 2.18. The Morgan fingerprint density at radius 3 is 2.65 bits per heavy atom. The van der Waals surface area contributed by atoms with E-state index in [1.165, 1.54) is 11.1 Å². The van der Waals surface area contributed by atoms with Crippen LogP contribution in [0.25, 0.3) is 0 Å². The van der Waals surface area contributed by atoms with Gasteiger partial charge in [-0.25, -0.2) is 13.1 Å². The molecular weight excluding hydrogens is 348 g/mol. The molecule has 2 aromatic rings. The van der Waals surface area contributed by atoms with Crippen LogP contribution in [0, 0.1) is 6.92 Å². The monoisotopic (exact) mass is 372 g/mol. The Balaban J connectivity index is 1.49. The Labute approximate surface area is 155 Å². The summed E-state index contributed by atoms with van der Waals surface area (Å²) in [5.41, 5.74) is 4.23. The van der Waals surface area contributed by atoms with Gasteiger partial charge >= 0.3 is 0 Å². The Bertz CT molecular complexity index is 893. The summed E-state index contributed by atoms with van der Waals surface area (Å²) in [6.07, 6.45) is 1.02. The van der Waals surface area contributed by atoms with Gasteiger partial charge < -0.3 is 4.90 Å². The van der Waals surface area contributed by atoms with Crippen molar-refractivity contribution in [2.24, 2.45) is 0 Å². The molecule has 1 heterocycles. The highest BCUT2D eigenvalue weighted by molar-refractivity contribution is 7.88. The van der Waals surface area contributed by atoms with E-state index < -0.39 is 10.0 Å². The van der Waals surface area contributed by atoms with E-state index in [9.17, 15) is 13.2 Å². The van der Waals surface area contributed by atoms with Gasteiger partial charge in [-0.3, -0.25) is 4.79 Å². The van der Waals surface area contributed by atoms with Gasteiger partial charge in [0, 0.05) is 26.1 Å². The summed E-state index contributed by atoms with van der Waals surface area (Å²) >= 11 is 0. The van der Waals surface area contributed by atoms with Crippen molar-refractivity contribution in [1.82, 2.24) is 9.62 Å². The molecular formula is C20H24N2O3S. The summed E-state index contributed by atoms with van der Waals surface area (Å²) in [7, 11) is -3.45. The number of aryl methyl sites for hydroxylation is 1. The molecule has 0 bridgehead atoms. The average molecular weight is 372 g/mol. The molecule has 1 N–H and O–H groups in total. The lowest BCUT2D eigenvalue weighted by molar-refractivity contribution is -0.131. The standard InChI is InChI=1S/C20H24N2O3S/c1-16-5-4-6-17(13-16)15-26(24,25)21-11-9-20(23)22-12-10-18-7-2-3-8-19(18)14-22/h2-8,13,21H,9-12,14-15H2,1H3. The van der Waals surface area contributed by atoms with Crippen molar-refractivity contribution in [3.63, 3.8) is 0 Å². The van der Waals surface area contributed by atoms with Gasteiger partial charge in [-0.2, -0.15) is 0 Å². The van der Waals surface area contributed by atoms with Gasteiger partial charge in [0.05, 0.1) is 5.75 Å². The zero-order valence-corrected chi connectivity index (χ0v) is 15.8. The Kier molecular flexibility index (Phi) is 5.74. The van der Waals surface area contributed by atoms with E-state index in [1.807, 2.05) is 43.3 Å². The first kappa shape index (κ1) is 18.6. The van der Waals surface area contributed by atoms with Crippen LogP contribution in [0.1, 0.15) is 28.7 Å². The second kappa shape index (κ2) is 8.01. The van der Waals surface area contributed by atoms with Gasteiger partial charge in [0.2, 0.25) is 15.9 Å². The average Bonchev–Trinajstić information content (AvgIpc) is 2.60. The van der Waals surface area contributed by atoms with Crippen LogP contribution in [0.5, 0.6) is 0 Å². The summed E-state index contributed by atoms with van der Waals surface area (Å²) in [6, 6.07) is 15.6. The van der Waals surface area contributed by atoms with E-state index in [4.69, 9.17) is 0 Å². The van der Waals surface area contributed by atoms with Gasteiger partial charge in [-0.15, -0.1) is 0 Å². The summed E-state index contributed by atoms with van der Waals surface area (Å²) in [4.78, 5) is 14.2. The number of amides is 1. The van der Waals surface area contributed by atoms with Gasteiger partial charge in [0.25, 0.3) is 0 Å². The predicted octanol–water partition coefficient (Wildman–Crippen LogP) is 2.39. The molecule has 138 valence electrons. The molecule has 1 aliphatic rings. The number of hydrogen-bond acceptors (Lipinski definition) is 3. The van der Waals surface area contributed by atoms with Crippen molar-refractivity contribution in [1.29, 1.82) is 0 Å². The molecule has 3 rings (SSSR count). The van der Waals surface area contributed by atoms with Gasteiger partial charge in [-0.05, 0) is 30.0 Å². The van der Waals surface area contributed by atoms with Crippen LogP contribution in [0.15, 0.2) is 48.5 Å². The molecule has 2 aromatic carbocycles. The van der Waals surface area contributed by atoms with Crippen LogP contribution in [0.2, 0.25) is 0 Å². The van der Waals surface area contributed by atoms with E-state index in [1.54, 1.807) is 11.0 Å². The zero-order valence-electron chi connectivity index (χ0n) is 14.9. The number of carbonyl (C=O) groups excluding carboxylic acids is 1. The molecule has 0 saturated heterocycles. The van der Waals surface area contributed by atoms with Crippen LogP contribution in [0.4, 0.5) is 0 Å². The zero-order chi connectivity index (χ0) is 18.6. The lowest BCUT2D eigenvalue weighted by Crippen LogP contribution is -2.38. The second-order valence-corrected chi connectivity index (χ2v) is 8.53. The molecule has 5 nitrogen and oxygen atoms in total. The fourth-order valence-corrected chi connectivity index (χ4v) is 4.39. The molecule has 0 aliphatic carbocycles. The van der Waals surface area contributed by atoms with Crippen LogP contribution in [0.3, 0.4) is 0 Å². The van der Waals surface area contributed by atoms with Crippen molar-refractivity contribution in [3.8, 4) is 0 Å². The van der Waals surface area contributed by atoms with E-state index in [2.05, 4.69) is 10.8 Å². The number of sulfonamides is 1. The molecule has 6 heteroatoms. The summed E-state index contributed by atoms with van der Waals surface area (Å²) in [5, 5.41) is 0. The van der Waals surface area contributed by atoms with Crippen molar-refractivity contribution < 1.29 is 13.2 Å². The minimum absolute atomic E-state index is 0.0160. The predicted molar refractivity (Wildman–Crippen MR) is 102 cm³/mol. The Morgan fingerprint density at radius 2 is 1.88 bits per heavy atom. The first-order valence-corrected chi connectivity index (χ1v) is 10.5. The maximum absolute atomic E-state index is 12.4. The van der Waals surface area contributed by atoms with Crippen molar-refractivity contribution in [2.45, 2.75) is 32.1 Å². The van der Waals surface area contributed by atoms with Crippen LogP contribution < -0.4 is 4.72 Å². The third-order valence-electron chi connectivity index (χ3n) is 4.58. The number of nitrogens with zero attached hydrogens (tertiary/aromatic N) is 1. The highest BCUT2D eigenvalue weighted by atomic mass is 32.2. The van der Waals surface area contributed by atoms with Crippen molar-refractivity contribution in [2.75, 3.05) is 13.1 Å². The molecule has 0 saturated carbocycles. The number of carbonyl (C=O) groups is 1. The van der Waals surface area contributed by atoms with Crippen molar-refractivity contribution >= 4 is 15.9 Å². The van der Waals surface area contributed by atoms with Crippen LogP contribution >= 0.6 is 0 Å².